The van der Waals surface area contributed by atoms with Crippen LogP contribution in [0.3, 0.4) is 0 Å². The number of hydrogen-bond acceptors (Lipinski definition) is 5. The summed E-state index contributed by atoms with van der Waals surface area (Å²) in [5.41, 5.74) is 6.58. The van der Waals surface area contributed by atoms with Gasteiger partial charge in [0.25, 0.3) is 0 Å². The van der Waals surface area contributed by atoms with Crippen LogP contribution in [0, 0.1) is 0 Å². The first-order valence-electron chi connectivity index (χ1n) is 5.32. The Kier molecular flexibility index (Phi) is 3.26. The topological polar surface area (TPSA) is 77.8 Å². The third-order valence-electron chi connectivity index (χ3n) is 2.25. The number of rotatable bonds is 4. The maximum Gasteiger partial charge on any atom is 0.243 e. The van der Waals surface area contributed by atoms with Crippen LogP contribution in [-0.4, -0.2) is 15.1 Å². The molecule has 0 aliphatic carbocycles. The Morgan fingerprint density at radius 2 is 2.31 bits per heavy atom. The minimum atomic E-state index is -0.185. The van der Waals surface area contributed by atoms with Crippen LogP contribution in [0.1, 0.15) is 31.7 Å². The van der Waals surface area contributed by atoms with E-state index in [-0.39, 0.29) is 6.04 Å². The van der Waals surface area contributed by atoms with E-state index in [2.05, 4.69) is 22.0 Å². The molecule has 5 heteroatoms. The van der Waals surface area contributed by atoms with E-state index in [9.17, 15) is 0 Å². The molecule has 0 fully saturated rings. The summed E-state index contributed by atoms with van der Waals surface area (Å²) in [6.45, 7) is 2.07. The lowest BCUT2D eigenvalue weighted by atomic mass is 10.2. The zero-order valence-electron chi connectivity index (χ0n) is 9.13. The molecule has 16 heavy (non-hydrogen) atoms. The van der Waals surface area contributed by atoms with Crippen molar-refractivity contribution in [3.63, 3.8) is 0 Å². The molecule has 2 aromatic heterocycles. The Labute approximate surface area is 93.7 Å². The molecular formula is C11H14N4O. The zero-order chi connectivity index (χ0) is 11.4. The van der Waals surface area contributed by atoms with Crippen molar-refractivity contribution in [3.05, 3.63) is 30.3 Å². The third kappa shape index (κ3) is 2.25. The van der Waals surface area contributed by atoms with E-state index in [1.54, 1.807) is 6.20 Å². The average molecular weight is 218 g/mol. The van der Waals surface area contributed by atoms with Gasteiger partial charge in [0.05, 0.1) is 6.04 Å². The molecule has 0 saturated heterocycles. The van der Waals surface area contributed by atoms with Gasteiger partial charge < -0.3 is 10.3 Å². The maximum absolute atomic E-state index is 5.88. The number of nitrogens with zero attached hydrogens (tertiary/aromatic N) is 3. The maximum atomic E-state index is 5.88. The Hall–Kier alpha value is -1.75. The quantitative estimate of drug-likeness (QED) is 0.848. The van der Waals surface area contributed by atoms with Crippen molar-refractivity contribution < 1.29 is 4.52 Å². The fourth-order valence-electron chi connectivity index (χ4n) is 1.42. The Morgan fingerprint density at radius 1 is 1.44 bits per heavy atom. The first kappa shape index (κ1) is 10.8. The lowest BCUT2D eigenvalue weighted by molar-refractivity contribution is 0.348. The third-order valence-corrected chi connectivity index (χ3v) is 2.25. The fourth-order valence-corrected chi connectivity index (χ4v) is 1.42. The highest BCUT2D eigenvalue weighted by Gasteiger charge is 2.14. The van der Waals surface area contributed by atoms with Crippen molar-refractivity contribution in [1.82, 2.24) is 15.1 Å². The highest BCUT2D eigenvalue weighted by atomic mass is 16.5. The summed E-state index contributed by atoms with van der Waals surface area (Å²) in [5.74, 6) is 0.963. The molecule has 2 aromatic rings. The van der Waals surface area contributed by atoms with Crippen molar-refractivity contribution >= 4 is 0 Å². The van der Waals surface area contributed by atoms with Crippen molar-refractivity contribution in [2.45, 2.75) is 25.8 Å². The van der Waals surface area contributed by atoms with Gasteiger partial charge in [0.1, 0.15) is 5.69 Å². The summed E-state index contributed by atoms with van der Waals surface area (Å²) in [6, 6.07) is 5.37. The lowest BCUT2D eigenvalue weighted by Gasteiger charge is -2.01. The standard InChI is InChI=1S/C11H14N4O/c1-2-5-8(12)11-14-10(15-16-11)9-6-3-4-7-13-9/h3-4,6-8H,2,5,12H2,1H3/t8-/m1/s1. The summed E-state index contributed by atoms with van der Waals surface area (Å²) >= 11 is 0. The van der Waals surface area contributed by atoms with Crippen LogP contribution in [0.5, 0.6) is 0 Å². The van der Waals surface area contributed by atoms with Crippen molar-refractivity contribution in [2.24, 2.45) is 5.73 Å². The molecule has 84 valence electrons. The van der Waals surface area contributed by atoms with E-state index in [0.29, 0.717) is 17.4 Å². The Balaban J connectivity index is 2.20. The molecule has 0 aliphatic rings. The molecule has 0 saturated carbocycles. The summed E-state index contributed by atoms with van der Waals surface area (Å²) in [4.78, 5) is 8.38. The largest absolute Gasteiger partial charge is 0.337 e. The molecule has 1 atom stereocenters. The number of pyridine rings is 1. The van der Waals surface area contributed by atoms with Gasteiger partial charge in [-0.15, -0.1) is 0 Å². The fraction of sp³-hybridized carbons (Fsp3) is 0.364. The van der Waals surface area contributed by atoms with E-state index in [4.69, 9.17) is 10.3 Å². The second kappa shape index (κ2) is 4.85. The molecule has 5 nitrogen and oxygen atoms in total. The number of nitrogens with two attached hydrogens (primary N) is 1. The normalized spacial score (nSPS) is 12.6. The van der Waals surface area contributed by atoms with E-state index >= 15 is 0 Å². The average Bonchev–Trinajstić information content (AvgIpc) is 2.80. The van der Waals surface area contributed by atoms with Gasteiger partial charge >= 0.3 is 0 Å². The van der Waals surface area contributed by atoms with Crippen LogP contribution in [0.2, 0.25) is 0 Å². The first-order chi connectivity index (χ1) is 7.81. The molecule has 0 unspecified atom stereocenters. The second-order valence-electron chi connectivity index (χ2n) is 3.57. The summed E-state index contributed by atoms with van der Waals surface area (Å²) in [6.07, 6.45) is 3.52. The van der Waals surface area contributed by atoms with E-state index in [1.807, 2.05) is 18.2 Å². The smallest absolute Gasteiger partial charge is 0.243 e. The molecule has 0 aliphatic heterocycles. The minimum Gasteiger partial charge on any atom is -0.337 e. The lowest BCUT2D eigenvalue weighted by Crippen LogP contribution is -2.09. The number of aromatic nitrogens is 3. The van der Waals surface area contributed by atoms with Crippen LogP contribution in [-0.2, 0) is 0 Å². The van der Waals surface area contributed by atoms with Crippen LogP contribution in [0.15, 0.2) is 28.9 Å². The molecule has 0 spiro atoms. The Morgan fingerprint density at radius 3 is 3.00 bits per heavy atom. The SMILES string of the molecule is CCC[C@@H](N)c1nc(-c2ccccn2)no1. The summed E-state index contributed by atoms with van der Waals surface area (Å²) in [5, 5.41) is 3.86. The van der Waals surface area contributed by atoms with Gasteiger partial charge in [-0.05, 0) is 18.6 Å². The van der Waals surface area contributed by atoms with Crippen LogP contribution in [0.25, 0.3) is 11.5 Å². The van der Waals surface area contributed by atoms with Crippen LogP contribution in [0.4, 0.5) is 0 Å². The molecule has 0 bridgehead atoms. The molecule has 0 amide bonds. The summed E-state index contributed by atoms with van der Waals surface area (Å²) < 4.78 is 5.11. The molecule has 2 heterocycles. The molecule has 0 radical (unpaired) electrons. The van der Waals surface area contributed by atoms with Crippen molar-refractivity contribution in [3.8, 4) is 11.5 Å². The van der Waals surface area contributed by atoms with Gasteiger partial charge in [0, 0.05) is 6.20 Å². The summed E-state index contributed by atoms with van der Waals surface area (Å²) in [7, 11) is 0. The van der Waals surface area contributed by atoms with E-state index < -0.39 is 0 Å². The van der Waals surface area contributed by atoms with Crippen LogP contribution < -0.4 is 5.73 Å². The van der Waals surface area contributed by atoms with Gasteiger partial charge in [-0.3, -0.25) is 4.98 Å². The molecule has 0 aromatic carbocycles. The molecular weight excluding hydrogens is 204 g/mol. The highest BCUT2D eigenvalue weighted by Crippen LogP contribution is 2.17. The van der Waals surface area contributed by atoms with Gasteiger partial charge in [0.15, 0.2) is 0 Å². The van der Waals surface area contributed by atoms with Gasteiger partial charge in [0.2, 0.25) is 11.7 Å². The van der Waals surface area contributed by atoms with Crippen LogP contribution >= 0.6 is 0 Å². The predicted molar refractivity (Wildman–Crippen MR) is 59.4 cm³/mol. The zero-order valence-corrected chi connectivity index (χ0v) is 9.13. The Bertz CT molecular complexity index is 440. The van der Waals surface area contributed by atoms with Gasteiger partial charge in [-0.2, -0.15) is 4.98 Å². The first-order valence-corrected chi connectivity index (χ1v) is 5.32. The van der Waals surface area contributed by atoms with E-state index in [1.165, 1.54) is 0 Å². The highest BCUT2D eigenvalue weighted by molar-refractivity contribution is 5.47. The van der Waals surface area contributed by atoms with Gasteiger partial charge in [-0.25, -0.2) is 0 Å². The van der Waals surface area contributed by atoms with Crippen molar-refractivity contribution in [2.75, 3.05) is 0 Å². The monoisotopic (exact) mass is 218 g/mol. The molecule has 2 N–H and O–H groups in total. The van der Waals surface area contributed by atoms with Crippen molar-refractivity contribution in [1.29, 1.82) is 0 Å². The second-order valence-corrected chi connectivity index (χ2v) is 3.57. The predicted octanol–water partition coefficient (Wildman–Crippen LogP) is 1.93. The van der Waals surface area contributed by atoms with E-state index in [0.717, 1.165) is 12.8 Å². The molecule has 2 rings (SSSR count). The minimum absolute atomic E-state index is 0.185. The van der Waals surface area contributed by atoms with Gasteiger partial charge in [-0.1, -0.05) is 24.6 Å². The number of hydrogen-bond donors (Lipinski definition) is 1.